The Morgan fingerprint density at radius 3 is 2.57 bits per heavy atom. The van der Waals surface area contributed by atoms with Gasteiger partial charge in [0, 0.05) is 6.08 Å². The Labute approximate surface area is 81.3 Å². The van der Waals surface area contributed by atoms with Crippen molar-refractivity contribution in [1.82, 2.24) is 0 Å². The predicted molar refractivity (Wildman–Crippen MR) is 46.0 cm³/mol. The van der Waals surface area contributed by atoms with Crippen LogP contribution in [0.5, 0.6) is 0 Å². The summed E-state index contributed by atoms with van der Waals surface area (Å²) in [6.45, 7) is 0. The number of hydrogen-bond donors (Lipinski definition) is 1. The fraction of sp³-hybridized carbons (Fsp3) is 0.125. The molecule has 0 aliphatic heterocycles. The molecule has 14 heavy (non-hydrogen) atoms. The summed E-state index contributed by atoms with van der Waals surface area (Å²) in [5.74, 6) is -1.19. The molecule has 2 nitrogen and oxygen atoms in total. The number of rotatable bonds is 2. The van der Waals surface area contributed by atoms with Gasteiger partial charge in [0.1, 0.15) is 4.88 Å². The third-order valence-electron chi connectivity index (χ3n) is 1.32. The Balaban J connectivity index is 2.84. The first-order valence-electron chi connectivity index (χ1n) is 3.46. The molecule has 1 aromatic rings. The number of carbonyl (C=O) groups is 1. The number of aliphatic carboxylic acids is 1. The van der Waals surface area contributed by atoms with E-state index in [1.54, 1.807) is 0 Å². The van der Waals surface area contributed by atoms with Gasteiger partial charge >= 0.3 is 12.1 Å². The molecule has 0 amide bonds. The minimum Gasteiger partial charge on any atom is -0.478 e. The average Bonchev–Trinajstić information content (AvgIpc) is 2.47. The summed E-state index contributed by atoms with van der Waals surface area (Å²) >= 11 is 0.539. The van der Waals surface area contributed by atoms with E-state index in [2.05, 4.69) is 0 Å². The van der Waals surface area contributed by atoms with Gasteiger partial charge < -0.3 is 5.11 Å². The molecule has 0 radical (unpaired) electrons. The van der Waals surface area contributed by atoms with Crippen LogP contribution in [-0.4, -0.2) is 11.1 Å². The summed E-state index contributed by atoms with van der Waals surface area (Å²) in [7, 11) is 0. The molecule has 1 N–H and O–H groups in total. The van der Waals surface area contributed by atoms with Crippen LogP contribution in [0.3, 0.4) is 0 Å². The molecule has 0 atom stereocenters. The summed E-state index contributed by atoms with van der Waals surface area (Å²) in [5, 5.41) is 9.49. The lowest BCUT2D eigenvalue weighted by molar-refractivity contribution is -0.134. The Morgan fingerprint density at radius 2 is 2.14 bits per heavy atom. The van der Waals surface area contributed by atoms with Gasteiger partial charge in [-0.25, -0.2) is 4.79 Å². The number of thiophene rings is 1. The van der Waals surface area contributed by atoms with E-state index in [1.165, 1.54) is 5.38 Å². The number of carboxylic acid groups (broad SMARTS) is 1. The van der Waals surface area contributed by atoms with Gasteiger partial charge in [0.2, 0.25) is 0 Å². The maximum absolute atomic E-state index is 12.1. The van der Waals surface area contributed by atoms with Gasteiger partial charge in [-0.15, -0.1) is 11.3 Å². The van der Waals surface area contributed by atoms with Gasteiger partial charge in [0.25, 0.3) is 0 Å². The molecule has 1 aromatic heterocycles. The standard InChI is InChI=1S/C8H5F3O2S/c9-8(10,11)6-3-5(4-14-6)1-2-7(12)13/h1-4H,(H,12,13). The zero-order chi connectivity index (χ0) is 10.8. The molecule has 76 valence electrons. The van der Waals surface area contributed by atoms with E-state index >= 15 is 0 Å². The lowest BCUT2D eigenvalue weighted by Crippen LogP contribution is -2.00. The summed E-state index contributed by atoms with van der Waals surface area (Å²) in [5.41, 5.74) is 0.240. The summed E-state index contributed by atoms with van der Waals surface area (Å²) in [4.78, 5) is 9.34. The molecule has 0 saturated heterocycles. The lowest BCUT2D eigenvalue weighted by atomic mass is 10.3. The minimum absolute atomic E-state index is 0.240. The van der Waals surface area contributed by atoms with Crippen molar-refractivity contribution in [2.75, 3.05) is 0 Å². The summed E-state index contributed by atoms with van der Waals surface area (Å²) in [6.07, 6.45) is -2.45. The largest absolute Gasteiger partial charge is 0.478 e. The monoisotopic (exact) mass is 222 g/mol. The van der Waals surface area contributed by atoms with E-state index in [1.807, 2.05) is 0 Å². The van der Waals surface area contributed by atoms with Gasteiger partial charge in [-0.2, -0.15) is 13.2 Å². The number of carboxylic acids is 1. The second-order valence-corrected chi connectivity index (χ2v) is 3.32. The maximum Gasteiger partial charge on any atom is 0.425 e. The highest BCUT2D eigenvalue weighted by Gasteiger charge is 2.32. The molecule has 1 heterocycles. The van der Waals surface area contributed by atoms with E-state index in [0.29, 0.717) is 11.3 Å². The van der Waals surface area contributed by atoms with Crippen LogP contribution in [0.15, 0.2) is 17.5 Å². The van der Waals surface area contributed by atoms with Crippen molar-refractivity contribution in [3.63, 3.8) is 0 Å². The molecule has 0 aliphatic rings. The van der Waals surface area contributed by atoms with Gasteiger partial charge in [-0.3, -0.25) is 0 Å². The molecule has 0 spiro atoms. The van der Waals surface area contributed by atoms with Crippen molar-refractivity contribution in [3.05, 3.63) is 28.0 Å². The third-order valence-corrected chi connectivity index (χ3v) is 2.31. The fourth-order valence-corrected chi connectivity index (χ4v) is 1.50. The zero-order valence-corrected chi connectivity index (χ0v) is 7.52. The first-order chi connectivity index (χ1) is 6.39. The van der Waals surface area contributed by atoms with Crippen LogP contribution in [0.25, 0.3) is 6.08 Å². The summed E-state index contributed by atoms with van der Waals surface area (Å²) < 4.78 is 36.2. The molecule has 0 saturated carbocycles. The smallest absolute Gasteiger partial charge is 0.425 e. The quantitative estimate of drug-likeness (QED) is 0.781. The van der Waals surface area contributed by atoms with Crippen LogP contribution >= 0.6 is 11.3 Å². The Bertz CT molecular complexity index is 365. The van der Waals surface area contributed by atoms with Crippen molar-refractivity contribution in [3.8, 4) is 0 Å². The molecular weight excluding hydrogens is 217 g/mol. The molecule has 0 aliphatic carbocycles. The Morgan fingerprint density at radius 1 is 1.50 bits per heavy atom. The van der Waals surface area contributed by atoms with Crippen molar-refractivity contribution in [2.45, 2.75) is 6.18 Å². The number of alkyl halides is 3. The molecule has 0 unspecified atom stereocenters. The van der Waals surface area contributed by atoms with Crippen LogP contribution in [0.2, 0.25) is 0 Å². The van der Waals surface area contributed by atoms with Crippen molar-refractivity contribution < 1.29 is 23.1 Å². The van der Waals surface area contributed by atoms with E-state index in [-0.39, 0.29) is 5.56 Å². The first kappa shape index (κ1) is 10.8. The molecule has 0 aromatic carbocycles. The molecule has 1 rings (SSSR count). The maximum atomic E-state index is 12.1. The molecule has 6 heteroatoms. The van der Waals surface area contributed by atoms with E-state index < -0.39 is 17.0 Å². The normalized spacial score (nSPS) is 12.2. The highest BCUT2D eigenvalue weighted by molar-refractivity contribution is 7.10. The van der Waals surface area contributed by atoms with E-state index in [0.717, 1.165) is 18.2 Å². The number of halogens is 3. The lowest BCUT2D eigenvalue weighted by Gasteiger charge is -1.99. The fourth-order valence-electron chi connectivity index (χ4n) is 0.754. The molecular formula is C8H5F3O2S. The minimum atomic E-state index is -4.36. The highest BCUT2D eigenvalue weighted by atomic mass is 32.1. The Kier molecular flexibility index (Phi) is 2.95. The SMILES string of the molecule is O=C(O)C=Cc1csc(C(F)(F)F)c1. The van der Waals surface area contributed by atoms with Crippen molar-refractivity contribution in [1.29, 1.82) is 0 Å². The van der Waals surface area contributed by atoms with Gasteiger partial charge in [-0.1, -0.05) is 0 Å². The Hall–Kier alpha value is -1.30. The second kappa shape index (κ2) is 3.83. The number of hydrogen-bond acceptors (Lipinski definition) is 2. The average molecular weight is 222 g/mol. The van der Waals surface area contributed by atoms with Gasteiger partial charge in [0.05, 0.1) is 0 Å². The second-order valence-electron chi connectivity index (χ2n) is 2.41. The van der Waals surface area contributed by atoms with Crippen molar-refractivity contribution in [2.24, 2.45) is 0 Å². The first-order valence-corrected chi connectivity index (χ1v) is 4.34. The third kappa shape index (κ3) is 2.88. The zero-order valence-electron chi connectivity index (χ0n) is 6.71. The van der Waals surface area contributed by atoms with E-state index in [9.17, 15) is 18.0 Å². The predicted octanol–water partition coefficient (Wildman–Crippen LogP) is 2.86. The van der Waals surface area contributed by atoms with Crippen LogP contribution in [0.4, 0.5) is 13.2 Å². The van der Waals surface area contributed by atoms with Crippen LogP contribution in [0.1, 0.15) is 10.4 Å². The van der Waals surface area contributed by atoms with E-state index in [4.69, 9.17) is 5.11 Å². The molecule has 0 fully saturated rings. The van der Waals surface area contributed by atoms with Crippen LogP contribution < -0.4 is 0 Å². The van der Waals surface area contributed by atoms with Gasteiger partial charge in [-0.05, 0) is 23.1 Å². The van der Waals surface area contributed by atoms with Crippen LogP contribution in [0, 0.1) is 0 Å². The van der Waals surface area contributed by atoms with Gasteiger partial charge in [0.15, 0.2) is 0 Å². The van der Waals surface area contributed by atoms with Crippen LogP contribution in [-0.2, 0) is 11.0 Å². The molecule has 0 bridgehead atoms. The highest BCUT2D eigenvalue weighted by Crippen LogP contribution is 2.34. The summed E-state index contributed by atoms with van der Waals surface area (Å²) in [6, 6.07) is 0.907. The topological polar surface area (TPSA) is 37.3 Å². The van der Waals surface area contributed by atoms with Crippen molar-refractivity contribution >= 4 is 23.4 Å².